The summed E-state index contributed by atoms with van der Waals surface area (Å²) in [6.45, 7) is 12.3. The first-order valence-corrected chi connectivity index (χ1v) is 7.38. The van der Waals surface area contributed by atoms with Crippen LogP contribution in [-0.2, 0) is 4.79 Å². The molecule has 0 aliphatic carbocycles. The molecule has 1 rings (SSSR count). The molecule has 0 radical (unpaired) electrons. The van der Waals surface area contributed by atoms with Crippen LogP contribution >= 0.6 is 0 Å². The zero-order valence-corrected chi connectivity index (χ0v) is 12.6. The van der Waals surface area contributed by atoms with Gasteiger partial charge in [-0.15, -0.1) is 0 Å². The lowest BCUT2D eigenvalue weighted by Crippen LogP contribution is -2.35. The normalized spacial score (nSPS) is 18.9. The highest BCUT2D eigenvalue weighted by atomic mass is 16.1. The molecule has 0 spiro atoms. The van der Waals surface area contributed by atoms with Crippen LogP contribution in [0.3, 0.4) is 0 Å². The number of rotatable bonds is 6. The van der Waals surface area contributed by atoms with Crippen molar-refractivity contribution in [3.8, 4) is 0 Å². The van der Waals surface area contributed by atoms with Crippen LogP contribution in [0, 0.1) is 5.41 Å². The molecular formula is C15H30N2O. The summed E-state index contributed by atoms with van der Waals surface area (Å²) in [5.41, 5.74) is 0.246. The minimum absolute atomic E-state index is 0.207. The van der Waals surface area contributed by atoms with Gasteiger partial charge in [0.1, 0.15) is 0 Å². The number of nitrogens with zero attached hydrogens (tertiary/aromatic N) is 1. The van der Waals surface area contributed by atoms with E-state index in [2.05, 4.69) is 37.9 Å². The predicted molar refractivity (Wildman–Crippen MR) is 76.6 cm³/mol. The summed E-state index contributed by atoms with van der Waals surface area (Å²) < 4.78 is 0. The van der Waals surface area contributed by atoms with Gasteiger partial charge < -0.3 is 10.2 Å². The Balaban J connectivity index is 2.10. The molecule has 0 unspecified atom stereocenters. The number of amides is 1. The van der Waals surface area contributed by atoms with E-state index >= 15 is 0 Å². The highest BCUT2D eigenvalue weighted by Crippen LogP contribution is 2.20. The number of carbonyl (C=O) groups excluding carboxylic acids is 1. The van der Waals surface area contributed by atoms with Gasteiger partial charge in [-0.25, -0.2) is 0 Å². The van der Waals surface area contributed by atoms with Gasteiger partial charge >= 0.3 is 0 Å². The fraction of sp³-hybridized carbons (Fsp3) is 0.933. The highest BCUT2D eigenvalue weighted by Gasteiger charge is 2.16. The van der Waals surface area contributed by atoms with Crippen molar-refractivity contribution in [2.75, 3.05) is 19.6 Å². The average Bonchev–Trinajstić information content (AvgIpc) is 2.75. The van der Waals surface area contributed by atoms with E-state index in [1.807, 2.05) is 0 Å². The molecule has 1 N–H and O–H groups in total. The second kappa shape index (κ2) is 7.13. The number of hydrogen-bond acceptors (Lipinski definition) is 2. The maximum atomic E-state index is 11.8. The molecule has 106 valence electrons. The van der Waals surface area contributed by atoms with Gasteiger partial charge in [0.05, 0.1) is 0 Å². The number of nitrogens with one attached hydrogen (secondary N) is 1. The first-order valence-electron chi connectivity index (χ1n) is 7.38. The van der Waals surface area contributed by atoms with Gasteiger partial charge in [-0.3, -0.25) is 4.79 Å². The van der Waals surface area contributed by atoms with Gasteiger partial charge in [-0.2, -0.15) is 0 Å². The Kier molecular flexibility index (Phi) is 6.13. The molecular weight excluding hydrogens is 224 g/mol. The summed E-state index contributed by atoms with van der Waals surface area (Å²) in [4.78, 5) is 14.3. The van der Waals surface area contributed by atoms with Crippen LogP contribution in [0.4, 0.5) is 0 Å². The van der Waals surface area contributed by atoms with Crippen LogP contribution in [0.2, 0.25) is 0 Å². The van der Waals surface area contributed by atoms with Gasteiger partial charge in [0, 0.05) is 19.0 Å². The van der Waals surface area contributed by atoms with Crippen molar-refractivity contribution < 1.29 is 4.79 Å². The van der Waals surface area contributed by atoms with Gasteiger partial charge in [0.25, 0.3) is 0 Å². The van der Waals surface area contributed by atoms with E-state index in [0.717, 1.165) is 19.4 Å². The Bertz CT molecular complexity index is 252. The Morgan fingerprint density at radius 3 is 2.44 bits per heavy atom. The van der Waals surface area contributed by atoms with Gasteiger partial charge in [0.2, 0.25) is 5.91 Å². The Labute approximate surface area is 112 Å². The molecule has 18 heavy (non-hydrogen) atoms. The van der Waals surface area contributed by atoms with Crippen molar-refractivity contribution in [2.45, 2.75) is 65.8 Å². The summed E-state index contributed by atoms with van der Waals surface area (Å²) in [6, 6.07) is 0.304. The van der Waals surface area contributed by atoms with Crippen LogP contribution in [0.1, 0.15) is 59.8 Å². The third-order valence-corrected chi connectivity index (χ3v) is 3.59. The van der Waals surface area contributed by atoms with Crippen LogP contribution in [-0.4, -0.2) is 36.5 Å². The van der Waals surface area contributed by atoms with Crippen LogP contribution in [0.15, 0.2) is 0 Å². The van der Waals surface area contributed by atoms with E-state index in [1.165, 1.54) is 25.9 Å². The van der Waals surface area contributed by atoms with Crippen molar-refractivity contribution in [1.82, 2.24) is 10.2 Å². The van der Waals surface area contributed by atoms with Gasteiger partial charge in [-0.05, 0) is 51.1 Å². The molecule has 1 aliphatic heterocycles. The van der Waals surface area contributed by atoms with Gasteiger partial charge in [-0.1, -0.05) is 20.8 Å². The SMILES string of the molecule is C[C@H](CCN1CCCC1)NC(=O)CCC(C)(C)C. The van der Waals surface area contributed by atoms with Crippen molar-refractivity contribution in [3.05, 3.63) is 0 Å². The Morgan fingerprint density at radius 2 is 1.89 bits per heavy atom. The van der Waals surface area contributed by atoms with Crippen molar-refractivity contribution in [1.29, 1.82) is 0 Å². The highest BCUT2D eigenvalue weighted by molar-refractivity contribution is 5.76. The summed E-state index contributed by atoms with van der Waals surface area (Å²) in [5, 5.41) is 3.11. The van der Waals surface area contributed by atoms with E-state index in [0.29, 0.717) is 12.5 Å². The third-order valence-electron chi connectivity index (χ3n) is 3.59. The molecule has 1 heterocycles. The molecule has 0 saturated carbocycles. The van der Waals surface area contributed by atoms with E-state index in [4.69, 9.17) is 0 Å². The van der Waals surface area contributed by atoms with Crippen molar-refractivity contribution >= 4 is 5.91 Å². The molecule has 3 heteroatoms. The van der Waals surface area contributed by atoms with Crippen molar-refractivity contribution in [2.24, 2.45) is 5.41 Å². The first kappa shape index (κ1) is 15.5. The lowest BCUT2D eigenvalue weighted by Gasteiger charge is -2.21. The van der Waals surface area contributed by atoms with Crippen molar-refractivity contribution in [3.63, 3.8) is 0 Å². The monoisotopic (exact) mass is 254 g/mol. The van der Waals surface area contributed by atoms with Crippen LogP contribution in [0.5, 0.6) is 0 Å². The fourth-order valence-corrected chi connectivity index (χ4v) is 2.29. The van der Waals surface area contributed by atoms with E-state index in [-0.39, 0.29) is 11.3 Å². The third kappa shape index (κ3) is 7.00. The topological polar surface area (TPSA) is 32.3 Å². The molecule has 0 aromatic heterocycles. The molecule has 1 fully saturated rings. The second-order valence-corrected chi connectivity index (χ2v) is 6.87. The van der Waals surface area contributed by atoms with Crippen LogP contribution in [0.25, 0.3) is 0 Å². The summed E-state index contributed by atoms with van der Waals surface area (Å²) in [6.07, 6.45) is 5.36. The maximum absolute atomic E-state index is 11.8. The minimum atomic E-state index is 0.207. The van der Waals surface area contributed by atoms with E-state index in [9.17, 15) is 4.79 Å². The Morgan fingerprint density at radius 1 is 1.28 bits per heavy atom. The largest absolute Gasteiger partial charge is 0.354 e. The molecule has 1 amide bonds. The molecule has 1 saturated heterocycles. The summed E-state index contributed by atoms with van der Waals surface area (Å²) in [7, 11) is 0. The summed E-state index contributed by atoms with van der Waals surface area (Å²) >= 11 is 0. The number of hydrogen-bond donors (Lipinski definition) is 1. The first-order chi connectivity index (χ1) is 8.37. The molecule has 1 aliphatic rings. The minimum Gasteiger partial charge on any atom is -0.354 e. The second-order valence-electron chi connectivity index (χ2n) is 6.87. The van der Waals surface area contributed by atoms with E-state index in [1.54, 1.807) is 0 Å². The predicted octanol–water partition coefficient (Wildman–Crippen LogP) is 2.80. The molecule has 0 aromatic rings. The molecule has 0 bridgehead atoms. The quantitative estimate of drug-likeness (QED) is 0.790. The Hall–Kier alpha value is -0.570. The average molecular weight is 254 g/mol. The zero-order chi connectivity index (χ0) is 13.6. The lowest BCUT2D eigenvalue weighted by molar-refractivity contribution is -0.122. The smallest absolute Gasteiger partial charge is 0.220 e. The fourth-order valence-electron chi connectivity index (χ4n) is 2.29. The number of likely N-dealkylation sites (tertiary alicyclic amines) is 1. The molecule has 3 nitrogen and oxygen atoms in total. The lowest BCUT2D eigenvalue weighted by atomic mass is 9.90. The number of carbonyl (C=O) groups is 1. The zero-order valence-electron chi connectivity index (χ0n) is 12.6. The summed E-state index contributed by atoms with van der Waals surface area (Å²) in [5.74, 6) is 0.207. The van der Waals surface area contributed by atoms with Crippen LogP contribution < -0.4 is 5.32 Å². The van der Waals surface area contributed by atoms with Gasteiger partial charge in [0.15, 0.2) is 0 Å². The maximum Gasteiger partial charge on any atom is 0.220 e. The van der Waals surface area contributed by atoms with E-state index < -0.39 is 0 Å². The molecule has 0 aromatic carbocycles. The molecule has 1 atom stereocenters. The standard InChI is InChI=1S/C15H30N2O/c1-13(8-12-17-10-5-6-11-17)16-14(18)7-9-15(2,3)4/h13H,5-12H2,1-4H3,(H,16,18)/t13-/m1/s1.